The highest BCUT2D eigenvalue weighted by atomic mass is 16.5. The van der Waals surface area contributed by atoms with E-state index in [0.29, 0.717) is 18.5 Å². The van der Waals surface area contributed by atoms with Crippen LogP contribution in [0.4, 0.5) is 0 Å². The first-order chi connectivity index (χ1) is 14.0. The maximum Gasteiger partial charge on any atom is 0.437 e. The summed E-state index contributed by atoms with van der Waals surface area (Å²) < 4.78 is 11.0. The third-order valence-corrected chi connectivity index (χ3v) is 4.14. The van der Waals surface area contributed by atoms with Gasteiger partial charge < -0.3 is 14.5 Å². The van der Waals surface area contributed by atoms with Gasteiger partial charge in [0.05, 0.1) is 0 Å². The zero-order valence-electron chi connectivity index (χ0n) is 15.9. The van der Waals surface area contributed by atoms with Crippen molar-refractivity contribution >= 4 is 11.9 Å². The van der Waals surface area contributed by atoms with E-state index in [4.69, 9.17) is 9.15 Å². The molecule has 1 N–H and O–H groups in total. The summed E-state index contributed by atoms with van der Waals surface area (Å²) in [6, 6.07) is 18.6. The van der Waals surface area contributed by atoms with Gasteiger partial charge in [0.1, 0.15) is 6.54 Å². The molecule has 3 aromatic rings. The van der Waals surface area contributed by atoms with E-state index in [1.807, 2.05) is 36.4 Å². The van der Waals surface area contributed by atoms with Crippen molar-refractivity contribution in [1.82, 2.24) is 15.1 Å². The lowest BCUT2D eigenvalue weighted by atomic mass is 10.1. The number of esters is 1. The zero-order chi connectivity index (χ0) is 20.6. The number of benzene rings is 2. The number of aromatic nitrogens is 2. The summed E-state index contributed by atoms with van der Waals surface area (Å²) in [5.41, 5.74) is 1.71. The average molecular weight is 395 g/mol. The Morgan fingerprint density at radius 1 is 1.10 bits per heavy atom. The summed E-state index contributed by atoms with van der Waals surface area (Å²) >= 11 is 0. The van der Waals surface area contributed by atoms with Crippen LogP contribution in [0.2, 0.25) is 0 Å². The molecule has 150 valence electrons. The van der Waals surface area contributed by atoms with Gasteiger partial charge in [-0.25, -0.2) is 4.79 Å². The number of carbonyl (C=O) groups is 2. The van der Waals surface area contributed by atoms with Crippen molar-refractivity contribution < 1.29 is 18.7 Å². The molecule has 0 saturated carbocycles. The molecule has 0 bridgehead atoms. The largest absolute Gasteiger partial charge is 0.451 e. The molecular weight excluding hydrogens is 374 g/mol. The molecule has 0 radical (unpaired) electrons. The number of hydrogen-bond acceptors (Lipinski definition) is 6. The minimum Gasteiger partial charge on any atom is -0.451 e. The molecule has 0 fully saturated rings. The molecule has 0 spiro atoms. The molecule has 0 saturated heterocycles. The molecule has 1 atom stereocenters. The van der Waals surface area contributed by atoms with E-state index in [1.165, 1.54) is 6.92 Å². The molecule has 0 aliphatic carbocycles. The minimum absolute atomic E-state index is 0.107. The summed E-state index contributed by atoms with van der Waals surface area (Å²) in [6.07, 6.45) is -0.321. The van der Waals surface area contributed by atoms with Gasteiger partial charge in [-0.15, -0.1) is 5.10 Å². The van der Waals surface area contributed by atoms with Crippen LogP contribution in [0, 0.1) is 0 Å². The van der Waals surface area contributed by atoms with Crippen LogP contribution in [0.3, 0.4) is 0 Å². The van der Waals surface area contributed by atoms with Gasteiger partial charge in [0, 0.05) is 12.1 Å². The van der Waals surface area contributed by atoms with Gasteiger partial charge in [-0.1, -0.05) is 48.5 Å². The van der Waals surface area contributed by atoms with Crippen LogP contribution in [0.1, 0.15) is 12.5 Å². The molecule has 1 aromatic heterocycles. The van der Waals surface area contributed by atoms with Gasteiger partial charge >= 0.3 is 11.7 Å². The first-order valence-electron chi connectivity index (χ1n) is 9.17. The molecule has 0 unspecified atom stereocenters. The predicted molar refractivity (Wildman–Crippen MR) is 105 cm³/mol. The summed E-state index contributed by atoms with van der Waals surface area (Å²) in [4.78, 5) is 36.1. The van der Waals surface area contributed by atoms with Gasteiger partial charge in [-0.3, -0.25) is 9.59 Å². The Balaban J connectivity index is 1.49. The number of nitrogens with zero attached hydrogens (tertiary/aromatic N) is 2. The van der Waals surface area contributed by atoms with E-state index in [1.54, 1.807) is 24.3 Å². The maximum absolute atomic E-state index is 12.1. The fraction of sp³-hybridized carbons (Fsp3) is 0.238. The van der Waals surface area contributed by atoms with E-state index in [0.717, 1.165) is 10.2 Å². The second kappa shape index (κ2) is 9.50. The normalized spacial score (nSPS) is 11.6. The number of nitrogens with one attached hydrogen (secondary N) is 1. The lowest BCUT2D eigenvalue weighted by Crippen LogP contribution is -2.38. The van der Waals surface area contributed by atoms with Crippen molar-refractivity contribution in [2.24, 2.45) is 0 Å². The van der Waals surface area contributed by atoms with Gasteiger partial charge in [0.25, 0.3) is 5.91 Å². The van der Waals surface area contributed by atoms with E-state index >= 15 is 0 Å². The molecule has 1 heterocycles. The minimum atomic E-state index is -0.991. The third-order valence-electron chi connectivity index (χ3n) is 4.14. The Hall–Kier alpha value is -3.68. The molecule has 1 amide bonds. The highest BCUT2D eigenvalue weighted by Gasteiger charge is 2.20. The second-order valence-electron chi connectivity index (χ2n) is 6.36. The van der Waals surface area contributed by atoms with Crippen molar-refractivity contribution in [2.75, 3.05) is 6.54 Å². The Morgan fingerprint density at radius 2 is 1.76 bits per heavy atom. The van der Waals surface area contributed by atoms with E-state index in [9.17, 15) is 14.4 Å². The van der Waals surface area contributed by atoms with Crippen molar-refractivity contribution in [1.29, 1.82) is 0 Å². The fourth-order valence-corrected chi connectivity index (χ4v) is 2.63. The molecule has 0 aliphatic heterocycles. The number of carbonyl (C=O) groups excluding carboxylic acids is 2. The van der Waals surface area contributed by atoms with Crippen molar-refractivity contribution in [3.05, 3.63) is 76.8 Å². The molecule has 29 heavy (non-hydrogen) atoms. The molecule has 2 aromatic carbocycles. The highest BCUT2D eigenvalue weighted by molar-refractivity contribution is 5.83. The van der Waals surface area contributed by atoms with E-state index in [-0.39, 0.29) is 5.89 Å². The predicted octanol–water partition coefficient (Wildman–Crippen LogP) is 1.79. The Labute approximate surface area is 167 Å². The molecule has 3 rings (SSSR count). The van der Waals surface area contributed by atoms with Crippen molar-refractivity contribution in [3.8, 4) is 11.5 Å². The summed E-state index contributed by atoms with van der Waals surface area (Å²) in [7, 11) is 0. The summed E-state index contributed by atoms with van der Waals surface area (Å²) in [5.74, 6) is -1.84. The van der Waals surface area contributed by atoms with Crippen molar-refractivity contribution in [2.45, 2.75) is 26.0 Å². The first-order valence-corrected chi connectivity index (χ1v) is 9.17. The quantitative estimate of drug-likeness (QED) is 0.583. The zero-order valence-corrected chi connectivity index (χ0v) is 15.9. The maximum atomic E-state index is 12.1. The average Bonchev–Trinajstić information content (AvgIpc) is 3.09. The SMILES string of the molecule is C[C@H](OC(=O)Cn1nc(-c2ccccc2)oc1=O)C(=O)NCCc1ccccc1. The van der Waals surface area contributed by atoms with E-state index in [2.05, 4.69) is 10.4 Å². The second-order valence-corrected chi connectivity index (χ2v) is 6.36. The lowest BCUT2D eigenvalue weighted by Gasteiger charge is -2.13. The van der Waals surface area contributed by atoms with Crippen LogP contribution in [-0.4, -0.2) is 34.3 Å². The van der Waals surface area contributed by atoms with Crippen LogP contribution in [0.25, 0.3) is 11.5 Å². The van der Waals surface area contributed by atoms with Crippen LogP contribution >= 0.6 is 0 Å². The number of ether oxygens (including phenoxy) is 1. The van der Waals surface area contributed by atoms with E-state index < -0.39 is 30.3 Å². The van der Waals surface area contributed by atoms with Gasteiger partial charge in [-0.2, -0.15) is 4.68 Å². The Bertz CT molecular complexity index is 1010. The smallest absolute Gasteiger partial charge is 0.437 e. The van der Waals surface area contributed by atoms with Gasteiger partial charge in [0.15, 0.2) is 6.10 Å². The topological polar surface area (TPSA) is 103 Å². The Kier molecular flexibility index (Phi) is 6.57. The fourth-order valence-electron chi connectivity index (χ4n) is 2.63. The highest BCUT2D eigenvalue weighted by Crippen LogP contribution is 2.13. The molecule has 8 heteroatoms. The van der Waals surface area contributed by atoms with Crippen LogP contribution in [0.15, 0.2) is 69.9 Å². The molecule has 8 nitrogen and oxygen atoms in total. The van der Waals surface area contributed by atoms with Crippen LogP contribution in [-0.2, 0) is 27.3 Å². The molecule has 0 aliphatic rings. The molecular formula is C21H21N3O5. The Morgan fingerprint density at radius 3 is 2.45 bits per heavy atom. The van der Waals surface area contributed by atoms with Gasteiger partial charge in [-0.05, 0) is 31.0 Å². The lowest BCUT2D eigenvalue weighted by molar-refractivity contribution is -0.155. The third kappa shape index (κ3) is 5.65. The number of hydrogen-bond donors (Lipinski definition) is 1. The monoisotopic (exact) mass is 395 g/mol. The number of rotatable bonds is 8. The van der Waals surface area contributed by atoms with Crippen molar-refractivity contribution in [3.63, 3.8) is 0 Å². The first kappa shape index (κ1) is 20.1. The van der Waals surface area contributed by atoms with Crippen LogP contribution < -0.4 is 11.1 Å². The standard InChI is InChI=1S/C21H21N3O5/c1-15(19(26)22-13-12-16-8-4-2-5-9-16)28-18(25)14-24-21(27)29-20(23-24)17-10-6-3-7-11-17/h2-11,15H,12-14H2,1H3,(H,22,26)/t15-/m0/s1. The van der Waals surface area contributed by atoms with Crippen LogP contribution in [0.5, 0.6) is 0 Å². The summed E-state index contributed by atoms with van der Waals surface area (Å²) in [6.45, 7) is 1.45. The number of amides is 1. The van der Waals surface area contributed by atoms with Gasteiger partial charge in [0.2, 0.25) is 5.89 Å². The summed E-state index contributed by atoms with van der Waals surface area (Å²) in [5, 5.41) is 6.71.